The van der Waals surface area contributed by atoms with Crippen LogP contribution in [0.5, 0.6) is 0 Å². The third-order valence-electron chi connectivity index (χ3n) is 2.25. The summed E-state index contributed by atoms with van der Waals surface area (Å²) in [4.78, 5) is 24.4. The van der Waals surface area contributed by atoms with Crippen LogP contribution in [0.25, 0.3) is 0 Å². The molecule has 19 heavy (non-hydrogen) atoms. The lowest BCUT2D eigenvalue weighted by Gasteiger charge is -2.15. The summed E-state index contributed by atoms with van der Waals surface area (Å²) in [6, 6.07) is 5.46. The first-order valence-electron chi connectivity index (χ1n) is 5.42. The van der Waals surface area contributed by atoms with Gasteiger partial charge in [0.15, 0.2) is 0 Å². The molecule has 0 saturated heterocycles. The minimum Gasteiger partial charge on any atom is -0.468 e. The molecule has 104 valence electrons. The van der Waals surface area contributed by atoms with Gasteiger partial charge in [-0.3, -0.25) is 14.5 Å². The number of carbonyl (C=O) groups excluding carboxylic acids is 2. The first kappa shape index (κ1) is 16.1. The van der Waals surface area contributed by atoms with E-state index < -0.39 is 0 Å². The molecule has 0 aliphatic heterocycles. The smallest absolute Gasteiger partial charge is 0.319 e. The summed E-state index contributed by atoms with van der Waals surface area (Å²) in [5, 5.41) is 2.76. The maximum atomic E-state index is 11.8. The SMILES string of the molecule is COC(=O)CN(C)CC(=O)Nc1ccc(Br)cc1Br. The molecule has 1 rings (SSSR count). The second-order valence-corrected chi connectivity index (χ2v) is 5.69. The Labute approximate surface area is 128 Å². The van der Waals surface area contributed by atoms with Crippen LogP contribution in [0.15, 0.2) is 27.1 Å². The van der Waals surface area contributed by atoms with Crippen LogP contribution >= 0.6 is 31.9 Å². The van der Waals surface area contributed by atoms with E-state index in [2.05, 4.69) is 41.9 Å². The van der Waals surface area contributed by atoms with Gasteiger partial charge in [0.05, 0.1) is 25.9 Å². The van der Waals surface area contributed by atoms with E-state index in [1.807, 2.05) is 12.1 Å². The fourth-order valence-corrected chi connectivity index (χ4v) is 2.51. The van der Waals surface area contributed by atoms with Crippen molar-refractivity contribution in [1.82, 2.24) is 4.90 Å². The van der Waals surface area contributed by atoms with Crippen LogP contribution in [-0.2, 0) is 14.3 Å². The number of hydrogen-bond acceptors (Lipinski definition) is 4. The van der Waals surface area contributed by atoms with E-state index in [1.54, 1.807) is 18.0 Å². The second kappa shape index (κ2) is 7.62. The molecule has 0 aliphatic carbocycles. The molecule has 7 heteroatoms. The minimum absolute atomic E-state index is 0.0748. The zero-order chi connectivity index (χ0) is 14.4. The summed E-state index contributed by atoms with van der Waals surface area (Å²) in [6.07, 6.45) is 0. The second-order valence-electron chi connectivity index (χ2n) is 3.92. The number of anilines is 1. The molecule has 0 aromatic heterocycles. The number of carbonyl (C=O) groups is 2. The maximum Gasteiger partial charge on any atom is 0.319 e. The van der Waals surface area contributed by atoms with Gasteiger partial charge in [-0.1, -0.05) is 15.9 Å². The van der Waals surface area contributed by atoms with Crippen molar-refractivity contribution < 1.29 is 14.3 Å². The summed E-state index contributed by atoms with van der Waals surface area (Å²) in [6.45, 7) is 0.184. The zero-order valence-electron chi connectivity index (χ0n) is 10.6. The average molecular weight is 394 g/mol. The zero-order valence-corrected chi connectivity index (χ0v) is 13.7. The van der Waals surface area contributed by atoms with Gasteiger partial charge in [0.1, 0.15) is 0 Å². The molecule has 1 aromatic carbocycles. The molecular weight excluding hydrogens is 380 g/mol. The number of nitrogens with zero attached hydrogens (tertiary/aromatic N) is 1. The Morgan fingerprint density at radius 3 is 2.58 bits per heavy atom. The third kappa shape index (κ3) is 5.71. The molecule has 1 N–H and O–H groups in total. The van der Waals surface area contributed by atoms with E-state index in [4.69, 9.17) is 0 Å². The van der Waals surface area contributed by atoms with Crippen molar-refractivity contribution in [2.24, 2.45) is 0 Å². The fraction of sp³-hybridized carbons (Fsp3) is 0.333. The monoisotopic (exact) mass is 392 g/mol. The number of methoxy groups -OCH3 is 1. The highest BCUT2D eigenvalue weighted by Crippen LogP contribution is 2.25. The Hall–Kier alpha value is -0.920. The molecule has 0 heterocycles. The molecule has 1 amide bonds. The highest BCUT2D eigenvalue weighted by atomic mass is 79.9. The van der Waals surface area contributed by atoms with Gasteiger partial charge in [-0.05, 0) is 41.2 Å². The van der Waals surface area contributed by atoms with E-state index in [0.717, 1.165) is 8.95 Å². The predicted molar refractivity (Wildman–Crippen MR) is 80.0 cm³/mol. The van der Waals surface area contributed by atoms with Gasteiger partial charge < -0.3 is 10.1 Å². The predicted octanol–water partition coefficient (Wildman–Crippen LogP) is 2.25. The Morgan fingerprint density at radius 1 is 1.32 bits per heavy atom. The Balaban J connectivity index is 2.53. The quantitative estimate of drug-likeness (QED) is 0.779. The number of nitrogens with one attached hydrogen (secondary N) is 1. The summed E-state index contributed by atoms with van der Waals surface area (Å²) in [7, 11) is 2.99. The van der Waals surface area contributed by atoms with Crippen molar-refractivity contribution in [3.05, 3.63) is 27.1 Å². The van der Waals surface area contributed by atoms with Crippen LogP contribution in [-0.4, -0.2) is 44.0 Å². The molecule has 0 bridgehead atoms. The van der Waals surface area contributed by atoms with Crippen LogP contribution in [0.3, 0.4) is 0 Å². The summed E-state index contributed by atoms with van der Waals surface area (Å²) < 4.78 is 6.23. The van der Waals surface area contributed by atoms with Crippen molar-refractivity contribution in [2.75, 3.05) is 32.6 Å². The maximum absolute atomic E-state index is 11.8. The summed E-state index contributed by atoms with van der Waals surface area (Å²) >= 11 is 6.70. The molecule has 0 atom stereocenters. The number of hydrogen-bond donors (Lipinski definition) is 1. The van der Waals surface area contributed by atoms with Crippen molar-refractivity contribution in [1.29, 1.82) is 0 Å². The molecule has 5 nitrogen and oxygen atoms in total. The molecule has 0 saturated carbocycles. The molecule has 0 spiro atoms. The number of rotatable bonds is 5. The molecule has 0 unspecified atom stereocenters. The van der Waals surface area contributed by atoms with Crippen molar-refractivity contribution in [3.63, 3.8) is 0 Å². The van der Waals surface area contributed by atoms with Crippen LogP contribution in [0.4, 0.5) is 5.69 Å². The normalized spacial score (nSPS) is 10.4. The lowest BCUT2D eigenvalue weighted by molar-refractivity contribution is -0.141. The number of ether oxygens (including phenoxy) is 1. The topological polar surface area (TPSA) is 58.6 Å². The van der Waals surface area contributed by atoms with Gasteiger partial charge in [0.2, 0.25) is 5.91 Å². The number of amides is 1. The summed E-state index contributed by atoms with van der Waals surface area (Å²) in [5.41, 5.74) is 0.680. The van der Waals surface area contributed by atoms with E-state index in [1.165, 1.54) is 7.11 Å². The number of likely N-dealkylation sites (N-methyl/N-ethyl adjacent to an activating group) is 1. The van der Waals surface area contributed by atoms with Gasteiger partial charge in [-0.25, -0.2) is 0 Å². The van der Waals surface area contributed by atoms with E-state index in [0.29, 0.717) is 5.69 Å². The molecule has 0 fully saturated rings. The summed E-state index contributed by atoms with van der Waals surface area (Å²) in [5.74, 6) is -0.574. The average Bonchev–Trinajstić information content (AvgIpc) is 2.32. The molecule has 0 radical (unpaired) electrons. The highest BCUT2D eigenvalue weighted by molar-refractivity contribution is 9.11. The Morgan fingerprint density at radius 2 is 2.00 bits per heavy atom. The largest absolute Gasteiger partial charge is 0.468 e. The lowest BCUT2D eigenvalue weighted by atomic mass is 10.3. The molecule has 0 aliphatic rings. The van der Waals surface area contributed by atoms with Crippen LogP contribution in [0.1, 0.15) is 0 Å². The lowest BCUT2D eigenvalue weighted by Crippen LogP contribution is -2.34. The van der Waals surface area contributed by atoms with Crippen LogP contribution in [0, 0.1) is 0 Å². The van der Waals surface area contributed by atoms with Crippen molar-refractivity contribution in [3.8, 4) is 0 Å². The molecule has 1 aromatic rings. The van der Waals surface area contributed by atoms with Gasteiger partial charge >= 0.3 is 5.97 Å². The van der Waals surface area contributed by atoms with E-state index in [-0.39, 0.29) is 25.0 Å². The van der Waals surface area contributed by atoms with Gasteiger partial charge in [-0.2, -0.15) is 0 Å². The first-order chi connectivity index (χ1) is 8.92. The molecular formula is C12H14Br2N2O3. The number of esters is 1. The minimum atomic E-state index is -0.375. The van der Waals surface area contributed by atoms with Crippen LogP contribution in [0.2, 0.25) is 0 Å². The third-order valence-corrected chi connectivity index (χ3v) is 3.39. The highest BCUT2D eigenvalue weighted by Gasteiger charge is 2.12. The van der Waals surface area contributed by atoms with Gasteiger partial charge in [0, 0.05) is 8.95 Å². The van der Waals surface area contributed by atoms with E-state index in [9.17, 15) is 9.59 Å². The van der Waals surface area contributed by atoms with Gasteiger partial charge in [-0.15, -0.1) is 0 Å². The van der Waals surface area contributed by atoms with Gasteiger partial charge in [0.25, 0.3) is 0 Å². The van der Waals surface area contributed by atoms with Crippen molar-refractivity contribution in [2.45, 2.75) is 0 Å². The fourth-order valence-electron chi connectivity index (χ4n) is 1.37. The number of benzene rings is 1. The van der Waals surface area contributed by atoms with Crippen molar-refractivity contribution >= 4 is 49.4 Å². The standard InChI is InChI=1S/C12H14Br2N2O3/c1-16(7-12(18)19-2)6-11(17)15-10-4-3-8(13)5-9(10)14/h3-5H,6-7H2,1-2H3,(H,15,17). The number of halogens is 2. The Kier molecular flexibility index (Phi) is 6.47. The first-order valence-corrected chi connectivity index (χ1v) is 7.01. The van der Waals surface area contributed by atoms with Crippen LogP contribution < -0.4 is 5.32 Å². The Bertz CT molecular complexity index is 480. The van der Waals surface area contributed by atoms with E-state index >= 15 is 0 Å².